The molecule has 1 aromatic heterocycles. The first-order valence-electron chi connectivity index (χ1n) is 10.0. The van der Waals surface area contributed by atoms with Crippen molar-refractivity contribution in [2.45, 2.75) is 26.3 Å². The second-order valence-electron chi connectivity index (χ2n) is 7.12. The molecule has 3 aromatic rings. The van der Waals surface area contributed by atoms with E-state index in [-0.39, 0.29) is 23.8 Å². The van der Waals surface area contributed by atoms with Crippen LogP contribution in [0.1, 0.15) is 35.7 Å². The smallest absolute Gasteiger partial charge is 0.303 e. The number of nitrogen functional groups attached to an aromatic ring is 1. The van der Waals surface area contributed by atoms with Crippen molar-refractivity contribution >= 4 is 34.4 Å². The normalized spacial score (nSPS) is 10.7. The number of hydrogen-bond acceptors (Lipinski definition) is 6. The van der Waals surface area contributed by atoms with Gasteiger partial charge in [-0.25, -0.2) is 4.98 Å². The maximum absolute atomic E-state index is 12.2. The third-order valence-electron chi connectivity index (χ3n) is 4.89. The molecule has 1 heterocycles. The van der Waals surface area contributed by atoms with Gasteiger partial charge >= 0.3 is 5.97 Å². The van der Waals surface area contributed by atoms with Crippen LogP contribution in [0.5, 0.6) is 0 Å². The number of hydrogen-bond donors (Lipinski definition) is 4. The summed E-state index contributed by atoms with van der Waals surface area (Å²) >= 11 is 0. The molecule has 0 saturated heterocycles. The molecule has 2 aromatic carbocycles. The molecule has 31 heavy (non-hydrogen) atoms. The molecule has 9 heteroatoms. The highest BCUT2D eigenvalue weighted by atomic mass is 16.4. The lowest BCUT2D eigenvalue weighted by atomic mass is 10.1. The van der Waals surface area contributed by atoms with E-state index in [4.69, 9.17) is 10.8 Å². The number of benzene rings is 2. The lowest BCUT2D eigenvalue weighted by molar-refractivity contribution is -0.137. The highest BCUT2D eigenvalue weighted by Gasteiger charge is 2.10. The van der Waals surface area contributed by atoms with E-state index >= 15 is 0 Å². The summed E-state index contributed by atoms with van der Waals surface area (Å²) in [6, 6.07) is 12.7. The Morgan fingerprint density at radius 1 is 1.19 bits per heavy atom. The van der Waals surface area contributed by atoms with Crippen LogP contribution in [-0.2, 0) is 11.3 Å². The first-order chi connectivity index (χ1) is 14.9. The van der Waals surface area contributed by atoms with Crippen molar-refractivity contribution in [3.8, 4) is 0 Å². The van der Waals surface area contributed by atoms with Crippen LogP contribution in [0.3, 0.4) is 0 Å². The van der Waals surface area contributed by atoms with Crippen LogP contribution in [0.25, 0.3) is 10.9 Å². The van der Waals surface area contributed by atoms with Crippen LogP contribution in [-0.4, -0.2) is 40.0 Å². The van der Waals surface area contributed by atoms with Crippen LogP contribution in [0.15, 0.2) is 47.3 Å². The Kier molecular flexibility index (Phi) is 6.86. The van der Waals surface area contributed by atoms with Crippen molar-refractivity contribution in [2.24, 2.45) is 0 Å². The molecule has 5 N–H and O–H groups in total. The minimum absolute atomic E-state index is 0.0226. The highest BCUT2D eigenvalue weighted by molar-refractivity contribution is 5.94. The van der Waals surface area contributed by atoms with Crippen molar-refractivity contribution in [3.05, 3.63) is 63.9 Å². The fourth-order valence-electron chi connectivity index (χ4n) is 3.28. The second-order valence-corrected chi connectivity index (χ2v) is 7.12. The standard InChI is InChI=1S/C22H25N5O4/c1-2-27(13-14-5-10-18-17(12-14)21(31)26-22(23)25-18)16-8-6-15(7-9-16)20(30)24-11-3-4-19(28)29/h5-10,12H,2-4,11,13H2,1H3,(H,24,30)(H,28,29)(H3,23,25,26,31). The summed E-state index contributed by atoms with van der Waals surface area (Å²) in [5, 5.41) is 11.8. The monoisotopic (exact) mass is 423 g/mol. The Labute approximate surface area is 178 Å². The average molecular weight is 423 g/mol. The van der Waals surface area contributed by atoms with Crippen LogP contribution < -0.4 is 21.5 Å². The zero-order chi connectivity index (χ0) is 22.4. The van der Waals surface area contributed by atoms with E-state index in [1.54, 1.807) is 18.2 Å². The van der Waals surface area contributed by atoms with E-state index in [1.165, 1.54) is 0 Å². The summed E-state index contributed by atoms with van der Waals surface area (Å²) < 4.78 is 0. The lowest BCUT2D eigenvalue weighted by Crippen LogP contribution is -2.25. The summed E-state index contributed by atoms with van der Waals surface area (Å²) in [4.78, 5) is 43.6. The van der Waals surface area contributed by atoms with Gasteiger partial charge in [0.1, 0.15) is 0 Å². The summed E-state index contributed by atoms with van der Waals surface area (Å²) in [7, 11) is 0. The molecule has 0 aliphatic heterocycles. The van der Waals surface area contributed by atoms with Gasteiger partial charge in [-0.15, -0.1) is 0 Å². The van der Waals surface area contributed by atoms with E-state index in [2.05, 4.69) is 20.2 Å². The number of anilines is 2. The Balaban J connectivity index is 1.68. The molecule has 0 saturated carbocycles. The Morgan fingerprint density at radius 2 is 1.94 bits per heavy atom. The maximum atomic E-state index is 12.2. The van der Waals surface area contributed by atoms with Gasteiger partial charge < -0.3 is 21.1 Å². The number of H-pyrrole nitrogens is 1. The summed E-state index contributed by atoms with van der Waals surface area (Å²) in [6.07, 6.45) is 0.411. The van der Waals surface area contributed by atoms with E-state index in [0.29, 0.717) is 36.0 Å². The molecule has 0 fully saturated rings. The zero-order valence-corrected chi connectivity index (χ0v) is 17.2. The molecular formula is C22H25N5O4. The van der Waals surface area contributed by atoms with Crippen LogP contribution in [0.4, 0.5) is 11.6 Å². The summed E-state index contributed by atoms with van der Waals surface area (Å²) in [6.45, 7) is 3.65. The average Bonchev–Trinajstić information content (AvgIpc) is 2.75. The SMILES string of the molecule is CCN(Cc1ccc2nc(N)[nH]c(=O)c2c1)c1ccc(C(=O)NCCCC(=O)O)cc1. The van der Waals surface area contributed by atoms with E-state index < -0.39 is 5.97 Å². The number of fused-ring (bicyclic) bond motifs is 1. The van der Waals surface area contributed by atoms with Crippen LogP contribution in [0.2, 0.25) is 0 Å². The fraction of sp³-hybridized carbons (Fsp3) is 0.273. The number of rotatable bonds is 9. The van der Waals surface area contributed by atoms with Crippen molar-refractivity contribution < 1.29 is 14.7 Å². The van der Waals surface area contributed by atoms with Crippen LogP contribution in [0, 0.1) is 0 Å². The van der Waals surface area contributed by atoms with E-state index in [0.717, 1.165) is 17.8 Å². The molecule has 9 nitrogen and oxygen atoms in total. The Hall–Kier alpha value is -3.88. The van der Waals surface area contributed by atoms with Crippen molar-refractivity contribution in [1.82, 2.24) is 15.3 Å². The predicted octanol–water partition coefficient (Wildman–Crippen LogP) is 2.13. The quantitative estimate of drug-likeness (QED) is 0.386. The van der Waals surface area contributed by atoms with Crippen molar-refractivity contribution in [2.75, 3.05) is 23.7 Å². The number of nitrogens with two attached hydrogens (primary N) is 1. The minimum atomic E-state index is -0.880. The summed E-state index contributed by atoms with van der Waals surface area (Å²) in [5.74, 6) is -1.03. The highest BCUT2D eigenvalue weighted by Crippen LogP contribution is 2.20. The zero-order valence-electron chi connectivity index (χ0n) is 17.2. The van der Waals surface area contributed by atoms with Gasteiger partial charge in [-0.3, -0.25) is 19.4 Å². The first-order valence-corrected chi connectivity index (χ1v) is 10.0. The predicted molar refractivity (Wildman–Crippen MR) is 119 cm³/mol. The fourth-order valence-corrected chi connectivity index (χ4v) is 3.28. The topological polar surface area (TPSA) is 141 Å². The van der Waals surface area contributed by atoms with Gasteiger partial charge in [0.05, 0.1) is 10.9 Å². The van der Waals surface area contributed by atoms with E-state index in [9.17, 15) is 14.4 Å². The number of amides is 1. The molecule has 0 atom stereocenters. The minimum Gasteiger partial charge on any atom is -0.481 e. The third kappa shape index (κ3) is 5.59. The number of carbonyl (C=O) groups is 2. The molecule has 1 amide bonds. The largest absolute Gasteiger partial charge is 0.481 e. The number of nitrogens with zero attached hydrogens (tertiary/aromatic N) is 2. The summed E-state index contributed by atoms with van der Waals surface area (Å²) in [5.41, 5.74) is 8.27. The van der Waals surface area contributed by atoms with E-state index in [1.807, 2.05) is 31.2 Å². The lowest BCUT2D eigenvalue weighted by Gasteiger charge is -2.23. The second kappa shape index (κ2) is 9.75. The van der Waals surface area contributed by atoms with Gasteiger partial charge in [0.25, 0.3) is 11.5 Å². The Bertz CT molecular complexity index is 1140. The molecule has 0 bridgehead atoms. The molecule has 0 aliphatic rings. The van der Waals surface area contributed by atoms with Gasteiger partial charge in [0.15, 0.2) is 0 Å². The van der Waals surface area contributed by atoms with Gasteiger partial charge in [-0.1, -0.05) is 6.07 Å². The molecule has 0 radical (unpaired) electrons. The van der Waals surface area contributed by atoms with Gasteiger partial charge in [0, 0.05) is 37.3 Å². The Morgan fingerprint density at radius 3 is 2.61 bits per heavy atom. The first kappa shape index (κ1) is 21.8. The maximum Gasteiger partial charge on any atom is 0.303 e. The number of carboxylic acids is 1. The van der Waals surface area contributed by atoms with Crippen LogP contribution >= 0.6 is 0 Å². The number of aliphatic carboxylic acids is 1. The van der Waals surface area contributed by atoms with Crippen molar-refractivity contribution in [3.63, 3.8) is 0 Å². The molecular weight excluding hydrogens is 398 g/mol. The third-order valence-corrected chi connectivity index (χ3v) is 4.89. The van der Waals surface area contributed by atoms with Gasteiger partial charge in [-0.05, 0) is 55.3 Å². The number of nitrogens with one attached hydrogen (secondary N) is 2. The molecule has 0 aliphatic carbocycles. The molecule has 0 spiro atoms. The molecule has 0 unspecified atom stereocenters. The number of aromatic amines is 1. The van der Waals surface area contributed by atoms with Crippen molar-refractivity contribution in [1.29, 1.82) is 0 Å². The number of carboxylic acid groups (broad SMARTS) is 1. The number of aromatic nitrogens is 2. The molecule has 3 rings (SSSR count). The van der Waals surface area contributed by atoms with Gasteiger partial charge in [-0.2, -0.15) is 0 Å². The van der Waals surface area contributed by atoms with Gasteiger partial charge in [0.2, 0.25) is 5.95 Å². The molecule has 162 valence electrons. The number of carbonyl (C=O) groups excluding carboxylic acids is 1.